The van der Waals surface area contributed by atoms with E-state index in [2.05, 4.69) is 27.2 Å². The molecule has 8 nitrogen and oxygen atoms in total. The molecule has 1 saturated heterocycles. The van der Waals surface area contributed by atoms with Crippen molar-refractivity contribution in [3.63, 3.8) is 0 Å². The third-order valence-electron chi connectivity index (χ3n) is 7.25. The second-order valence-electron chi connectivity index (χ2n) is 9.19. The second-order valence-corrected chi connectivity index (χ2v) is 9.19. The molecule has 2 aliphatic rings. The summed E-state index contributed by atoms with van der Waals surface area (Å²) in [6.07, 6.45) is 5.29. The van der Waals surface area contributed by atoms with Gasteiger partial charge in [0.1, 0.15) is 0 Å². The van der Waals surface area contributed by atoms with Gasteiger partial charge in [0.15, 0.2) is 0 Å². The number of hydrogen-bond acceptors (Lipinski definition) is 6. The smallest absolute Gasteiger partial charge is 0.306 e. The van der Waals surface area contributed by atoms with E-state index in [-0.39, 0.29) is 48.2 Å². The Morgan fingerprint density at radius 2 is 1.89 bits per heavy atom. The number of benzene rings is 1. The number of fused-ring (bicyclic) bond motifs is 2. The summed E-state index contributed by atoms with van der Waals surface area (Å²) in [7, 11) is 1.33. The number of carbonyl (C=O) groups excluding carboxylic acids is 3. The lowest BCUT2D eigenvalue weighted by Crippen LogP contribution is -2.52. The van der Waals surface area contributed by atoms with E-state index in [4.69, 9.17) is 4.74 Å². The summed E-state index contributed by atoms with van der Waals surface area (Å²) in [5.41, 5.74) is 2.90. The molecule has 0 unspecified atom stereocenters. The Kier molecular flexibility index (Phi) is 7.80. The van der Waals surface area contributed by atoms with Gasteiger partial charge in [-0.2, -0.15) is 0 Å². The van der Waals surface area contributed by atoms with Crippen LogP contribution in [0.2, 0.25) is 0 Å². The number of hydrogen-bond donors (Lipinski definition) is 1. The maximum absolute atomic E-state index is 12.7. The molecule has 1 N–H and O–H groups in total. The van der Waals surface area contributed by atoms with Crippen LogP contribution in [0.5, 0.6) is 0 Å². The van der Waals surface area contributed by atoms with Crippen molar-refractivity contribution in [2.24, 2.45) is 0 Å². The highest BCUT2D eigenvalue weighted by atomic mass is 16.5. The molecule has 4 rings (SSSR count). The first-order chi connectivity index (χ1) is 17.0. The molecule has 1 aliphatic heterocycles. The van der Waals surface area contributed by atoms with Gasteiger partial charge < -0.3 is 19.7 Å². The molecule has 35 heavy (non-hydrogen) atoms. The van der Waals surface area contributed by atoms with Gasteiger partial charge in [0.25, 0.3) is 0 Å². The fourth-order valence-electron chi connectivity index (χ4n) is 5.39. The van der Waals surface area contributed by atoms with E-state index < -0.39 is 0 Å². The summed E-state index contributed by atoms with van der Waals surface area (Å²) >= 11 is 0. The van der Waals surface area contributed by atoms with Crippen molar-refractivity contribution in [2.75, 3.05) is 20.2 Å². The van der Waals surface area contributed by atoms with Crippen LogP contribution in [0, 0.1) is 0 Å². The zero-order valence-corrected chi connectivity index (χ0v) is 20.4. The normalized spacial score (nSPS) is 20.3. The number of amides is 2. The summed E-state index contributed by atoms with van der Waals surface area (Å²) in [6.45, 7) is 3.36. The quantitative estimate of drug-likeness (QED) is 0.585. The Balaban J connectivity index is 1.58. The van der Waals surface area contributed by atoms with Crippen molar-refractivity contribution >= 4 is 17.8 Å². The summed E-state index contributed by atoms with van der Waals surface area (Å²) in [6, 6.07) is 11.8. The van der Waals surface area contributed by atoms with Crippen molar-refractivity contribution in [1.29, 1.82) is 0 Å². The summed E-state index contributed by atoms with van der Waals surface area (Å²) in [5.74, 6) is -0.442. The molecule has 2 aromatic rings. The summed E-state index contributed by atoms with van der Waals surface area (Å²) in [5, 5.41) is 3.20. The van der Waals surface area contributed by atoms with Crippen LogP contribution in [-0.4, -0.2) is 54.0 Å². The lowest BCUT2D eigenvalue weighted by Gasteiger charge is -2.44. The van der Waals surface area contributed by atoms with Crippen LogP contribution in [-0.2, 0) is 35.9 Å². The van der Waals surface area contributed by atoms with E-state index in [9.17, 15) is 14.4 Å². The first-order valence-electron chi connectivity index (χ1n) is 12.2. The molecule has 186 valence electrons. The van der Waals surface area contributed by atoms with Gasteiger partial charge in [0.05, 0.1) is 32.3 Å². The van der Waals surface area contributed by atoms with E-state index in [0.717, 1.165) is 11.1 Å². The highest BCUT2D eigenvalue weighted by molar-refractivity contribution is 5.81. The first kappa shape index (κ1) is 24.9. The predicted molar refractivity (Wildman–Crippen MR) is 129 cm³/mol. The van der Waals surface area contributed by atoms with Crippen LogP contribution in [0.1, 0.15) is 61.8 Å². The van der Waals surface area contributed by atoms with E-state index in [1.165, 1.54) is 12.7 Å². The van der Waals surface area contributed by atoms with Crippen molar-refractivity contribution < 1.29 is 23.9 Å². The van der Waals surface area contributed by atoms with Crippen molar-refractivity contribution in [2.45, 2.75) is 63.2 Å². The van der Waals surface area contributed by atoms with Gasteiger partial charge in [-0.1, -0.05) is 37.3 Å². The number of piperidine rings is 1. The molecule has 1 aliphatic carbocycles. The van der Waals surface area contributed by atoms with Gasteiger partial charge in [0.2, 0.25) is 11.8 Å². The Morgan fingerprint density at radius 1 is 1.11 bits per heavy atom. The number of ether oxygens (including phenoxy) is 2. The van der Waals surface area contributed by atoms with Gasteiger partial charge in [-0.3, -0.25) is 19.4 Å². The number of esters is 1. The second kappa shape index (κ2) is 11.0. The van der Waals surface area contributed by atoms with Gasteiger partial charge in [-0.15, -0.1) is 0 Å². The fourth-order valence-corrected chi connectivity index (χ4v) is 5.39. The van der Waals surface area contributed by atoms with E-state index in [1.54, 1.807) is 12.4 Å². The third kappa shape index (κ3) is 5.22. The lowest BCUT2D eigenvalue weighted by atomic mass is 9.71. The largest absolute Gasteiger partial charge is 0.469 e. The molecule has 1 spiro atoms. The molecule has 2 amide bonds. The lowest BCUT2D eigenvalue weighted by molar-refractivity contribution is -0.144. The average molecular weight is 480 g/mol. The van der Waals surface area contributed by atoms with Gasteiger partial charge in [0, 0.05) is 43.7 Å². The van der Waals surface area contributed by atoms with Gasteiger partial charge in [-0.25, -0.2) is 0 Å². The zero-order chi connectivity index (χ0) is 24.8. The molecule has 2 heterocycles. The molecule has 1 aromatic carbocycles. The van der Waals surface area contributed by atoms with Crippen molar-refractivity contribution in [1.82, 2.24) is 15.2 Å². The molecule has 1 fully saturated rings. The van der Waals surface area contributed by atoms with Gasteiger partial charge in [-0.05, 0) is 35.6 Å². The minimum Gasteiger partial charge on any atom is -0.469 e. The van der Waals surface area contributed by atoms with E-state index >= 15 is 0 Å². The molecule has 0 bridgehead atoms. The predicted octanol–water partition coefficient (Wildman–Crippen LogP) is 3.06. The number of nitrogens with zero attached hydrogens (tertiary/aromatic N) is 2. The topological polar surface area (TPSA) is 97.8 Å². The highest BCUT2D eigenvalue weighted by Crippen LogP contribution is 2.52. The number of nitrogens with one attached hydrogen (secondary N) is 1. The Morgan fingerprint density at radius 3 is 2.57 bits per heavy atom. The standard InChI is InChI=1S/C27H33N3O5/c1-3-22(31)29-25-20-8-4-5-9-21(20)27(26(25)35-18-19-7-6-14-28-17-19)12-15-30(16-13-27)23(32)10-11-24(33)34-2/h4-9,14,17,25-26H,3,10-13,15-16,18H2,1-2H3,(H,29,31)/t25-,26+/m1/s1. The number of methoxy groups -OCH3 is 1. The minimum atomic E-state index is -0.380. The summed E-state index contributed by atoms with van der Waals surface area (Å²) in [4.78, 5) is 42.7. The van der Waals surface area contributed by atoms with Crippen LogP contribution in [0.4, 0.5) is 0 Å². The van der Waals surface area contributed by atoms with E-state index in [0.29, 0.717) is 39.0 Å². The Bertz CT molecular complexity index is 1050. The Hall–Kier alpha value is -3.26. The molecular formula is C27H33N3O5. The number of likely N-dealkylation sites (tertiary alicyclic amines) is 1. The van der Waals surface area contributed by atoms with Crippen LogP contribution in [0.25, 0.3) is 0 Å². The molecule has 2 atom stereocenters. The number of pyridine rings is 1. The first-order valence-corrected chi connectivity index (χ1v) is 12.2. The number of rotatable bonds is 8. The van der Waals surface area contributed by atoms with Gasteiger partial charge >= 0.3 is 5.97 Å². The average Bonchev–Trinajstić information content (AvgIpc) is 3.14. The minimum absolute atomic E-state index is 0.0211. The van der Waals surface area contributed by atoms with Crippen molar-refractivity contribution in [3.8, 4) is 0 Å². The molecule has 1 aromatic heterocycles. The molecule has 0 saturated carbocycles. The molecular weight excluding hydrogens is 446 g/mol. The zero-order valence-electron chi connectivity index (χ0n) is 20.4. The Labute approximate surface area is 206 Å². The number of aromatic nitrogens is 1. The van der Waals surface area contributed by atoms with E-state index in [1.807, 2.05) is 36.1 Å². The third-order valence-corrected chi connectivity index (χ3v) is 7.25. The monoisotopic (exact) mass is 479 g/mol. The maximum Gasteiger partial charge on any atom is 0.306 e. The fraction of sp³-hybridized carbons (Fsp3) is 0.481. The van der Waals surface area contributed by atoms with Crippen LogP contribution < -0.4 is 5.32 Å². The SMILES string of the molecule is CCC(=O)N[C@@H]1c2ccccc2C2(CCN(C(=O)CCC(=O)OC)CC2)[C@H]1OCc1cccnc1. The van der Waals surface area contributed by atoms with Crippen LogP contribution >= 0.6 is 0 Å². The maximum atomic E-state index is 12.7. The van der Waals surface area contributed by atoms with Crippen molar-refractivity contribution in [3.05, 3.63) is 65.5 Å². The molecule has 8 heteroatoms. The van der Waals surface area contributed by atoms with Crippen LogP contribution in [0.15, 0.2) is 48.8 Å². The summed E-state index contributed by atoms with van der Waals surface area (Å²) < 4.78 is 11.3. The highest BCUT2D eigenvalue weighted by Gasteiger charge is 2.54. The van der Waals surface area contributed by atoms with Crippen LogP contribution in [0.3, 0.4) is 0 Å². The molecule has 0 radical (unpaired) electrons. The number of carbonyl (C=O) groups is 3.